The molecular formula is C22H24N2O4S. The molecule has 1 aliphatic rings. The second-order valence-corrected chi connectivity index (χ2v) is 9.45. The van der Waals surface area contributed by atoms with Crippen molar-refractivity contribution >= 4 is 32.6 Å². The summed E-state index contributed by atoms with van der Waals surface area (Å²) >= 11 is 0. The minimum atomic E-state index is -3.74. The fourth-order valence-electron chi connectivity index (χ4n) is 3.76. The number of anilines is 1. The predicted octanol–water partition coefficient (Wildman–Crippen LogP) is 4.25. The first-order chi connectivity index (χ1) is 13.8. The van der Waals surface area contributed by atoms with Gasteiger partial charge in [-0.1, -0.05) is 18.2 Å². The van der Waals surface area contributed by atoms with Crippen molar-refractivity contribution in [2.24, 2.45) is 0 Å². The number of nitrogens with zero attached hydrogens (tertiary/aromatic N) is 2. The Kier molecular flexibility index (Phi) is 4.96. The van der Waals surface area contributed by atoms with Gasteiger partial charge in [0.2, 0.25) is 15.9 Å². The molecule has 0 N–H and O–H groups in total. The van der Waals surface area contributed by atoms with Crippen molar-refractivity contribution in [1.82, 2.24) is 4.31 Å². The molecule has 0 aliphatic carbocycles. The van der Waals surface area contributed by atoms with E-state index in [0.717, 1.165) is 23.1 Å². The van der Waals surface area contributed by atoms with E-state index >= 15 is 0 Å². The summed E-state index contributed by atoms with van der Waals surface area (Å²) in [6.07, 6.45) is 1.37. The molecule has 1 aliphatic heterocycles. The number of hydrogen-bond donors (Lipinski definition) is 0. The molecule has 1 amide bonds. The maximum atomic E-state index is 13.3. The number of benzene rings is 2. The van der Waals surface area contributed by atoms with E-state index in [2.05, 4.69) is 0 Å². The van der Waals surface area contributed by atoms with Crippen molar-refractivity contribution in [3.05, 3.63) is 59.9 Å². The van der Waals surface area contributed by atoms with Gasteiger partial charge in [0.1, 0.15) is 11.3 Å². The van der Waals surface area contributed by atoms with Crippen LogP contribution in [0.3, 0.4) is 0 Å². The van der Waals surface area contributed by atoms with Crippen molar-refractivity contribution in [2.75, 3.05) is 18.5 Å². The standard InChI is InChI=1S/C22H24N2O4S/c1-15-13-18(24-12-6-9-22(24)25)10-11-21(15)29(26,27)23(3)16(2)20-14-17-7-4-5-8-19(17)28-20/h4-5,7-8,10-11,13-14,16H,6,9,12H2,1-3H3. The molecule has 2 heterocycles. The molecule has 7 heteroatoms. The van der Waals surface area contributed by atoms with Gasteiger partial charge in [-0.15, -0.1) is 0 Å². The summed E-state index contributed by atoms with van der Waals surface area (Å²) in [4.78, 5) is 13.9. The lowest BCUT2D eigenvalue weighted by molar-refractivity contribution is -0.117. The molecular weight excluding hydrogens is 388 g/mol. The van der Waals surface area contributed by atoms with Crippen LogP contribution < -0.4 is 4.90 Å². The summed E-state index contributed by atoms with van der Waals surface area (Å²) < 4.78 is 33.8. The number of carbonyl (C=O) groups is 1. The lowest BCUT2D eigenvalue weighted by Crippen LogP contribution is -2.30. The largest absolute Gasteiger partial charge is 0.459 e. The first-order valence-electron chi connectivity index (χ1n) is 9.66. The van der Waals surface area contributed by atoms with E-state index in [1.165, 1.54) is 4.31 Å². The fraction of sp³-hybridized carbons (Fsp3) is 0.318. The second kappa shape index (κ2) is 7.31. The minimum absolute atomic E-state index is 0.0793. The fourth-order valence-corrected chi connectivity index (χ4v) is 5.30. The normalized spacial score (nSPS) is 16.1. The third-order valence-electron chi connectivity index (χ3n) is 5.60. The van der Waals surface area contributed by atoms with Gasteiger partial charge >= 0.3 is 0 Å². The number of amides is 1. The minimum Gasteiger partial charge on any atom is -0.459 e. The molecule has 3 aromatic rings. The third kappa shape index (κ3) is 3.45. The van der Waals surface area contributed by atoms with E-state index in [-0.39, 0.29) is 10.8 Å². The van der Waals surface area contributed by atoms with Crippen LogP contribution in [0.4, 0.5) is 5.69 Å². The summed E-state index contributed by atoms with van der Waals surface area (Å²) in [6.45, 7) is 4.24. The Balaban J connectivity index is 1.63. The highest BCUT2D eigenvalue weighted by atomic mass is 32.2. The van der Waals surface area contributed by atoms with Gasteiger partial charge in [-0.25, -0.2) is 8.42 Å². The number of fused-ring (bicyclic) bond motifs is 1. The Morgan fingerprint density at radius 3 is 2.55 bits per heavy atom. The number of sulfonamides is 1. The second-order valence-electron chi connectivity index (χ2n) is 7.48. The van der Waals surface area contributed by atoms with E-state index in [4.69, 9.17) is 4.42 Å². The molecule has 0 spiro atoms. The molecule has 1 atom stereocenters. The molecule has 2 aromatic carbocycles. The average molecular weight is 413 g/mol. The Labute approximate surface area is 170 Å². The smallest absolute Gasteiger partial charge is 0.243 e. The van der Waals surface area contributed by atoms with Gasteiger partial charge in [-0.2, -0.15) is 4.31 Å². The van der Waals surface area contributed by atoms with Gasteiger partial charge in [-0.05, 0) is 56.2 Å². The van der Waals surface area contributed by atoms with Crippen molar-refractivity contribution in [3.8, 4) is 0 Å². The summed E-state index contributed by atoms with van der Waals surface area (Å²) in [5.41, 5.74) is 2.10. The van der Waals surface area contributed by atoms with Crippen LogP contribution in [-0.2, 0) is 14.8 Å². The van der Waals surface area contributed by atoms with Crippen LogP contribution in [0.25, 0.3) is 11.0 Å². The monoisotopic (exact) mass is 412 g/mol. The average Bonchev–Trinajstić information content (AvgIpc) is 3.32. The van der Waals surface area contributed by atoms with Crippen LogP contribution in [0.1, 0.15) is 37.1 Å². The van der Waals surface area contributed by atoms with E-state index in [0.29, 0.717) is 24.3 Å². The zero-order valence-electron chi connectivity index (χ0n) is 16.8. The van der Waals surface area contributed by atoms with Gasteiger partial charge in [0.25, 0.3) is 0 Å². The molecule has 0 radical (unpaired) electrons. The van der Waals surface area contributed by atoms with Gasteiger partial charge in [0.05, 0.1) is 10.9 Å². The molecule has 1 fully saturated rings. The topological polar surface area (TPSA) is 70.8 Å². The maximum absolute atomic E-state index is 13.3. The molecule has 1 saturated heterocycles. The Morgan fingerprint density at radius 1 is 1.14 bits per heavy atom. The first-order valence-corrected chi connectivity index (χ1v) is 11.1. The maximum Gasteiger partial charge on any atom is 0.243 e. The molecule has 1 aromatic heterocycles. The van der Waals surface area contributed by atoms with Gasteiger partial charge in [0, 0.05) is 31.1 Å². The number of carbonyl (C=O) groups excluding carboxylic acids is 1. The lowest BCUT2D eigenvalue weighted by Gasteiger charge is -2.24. The van der Waals surface area contributed by atoms with Crippen molar-refractivity contribution < 1.29 is 17.6 Å². The number of para-hydroxylation sites is 1. The van der Waals surface area contributed by atoms with Crippen LogP contribution in [0.5, 0.6) is 0 Å². The summed E-state index contributed by atoms with van der Waals surface area (Å²) in [7, 11) is -2.18. The Bertz CT molecular complexity index is 1150. The van der Waals surface area contributed by atoms with E-state index < -0.39 is 16.1 Å². The van der Waals surface area contributed by atoms with Crippen LogP contribution in [0, 0.1) is 6.92 Å². The van der Waals surface area contributed by atoms with Crippen LogP contribution in [-0.4, -0.2) is 32.2 Å². The molecule has 1 unspecified atom stereocenters. The van der Waals surface area contributed by atoms with Crippen LogP contribution in [0.15, 0.2) is 57.8 Å². The summed E-state index contributed by atoms with van der Waals surface area (Å²) in [5, 5.41) is 0.941. The third-order valence-corrected chi connectivity index (χ3v) is 7.69. The van der Waals surface area contributed by atoms with Crippen molar-refractivity contribution in [2.45, 2.75) is 37.6 Å². The molecule has 6 nitrogen and oxygen atoms in total. The Morgan fingerprint density at radius 2 is 1.90 bits per heavy atom. The zero-order chi connectivity index (χ0) is 20.8. The molecule has 29 heavy (non-hydrogen) atoms. The molecule has 4 rings (SSSR count). The predicted molar refractivity (Wildman–Crippen MR) is 112 cm³/mol. The summed E-state index contributed by atoms with van der Waals surface area (Å²) in [6, 6.07) is 14.1. The van der Waals surface area contributed by atoms with Crippen LogP contribution >= 0.6 is 0 Å². The van der Waals surface area contributed by atoms with E-state index in [1.54, 1.807) is 37.1 Å². The molecule has 152 valence electrons. The zero-order valence-corrected chi connectivity index (χ0v) is 17.6. The first kappa shape index (κ1) is 19.7. The number of rotatable bonds is 5. The van der Waals surface area contributed by atoms with E-state index in [9.17, 15) is 13.2 Å². The van der Waals surface area contributed by atoms with Gasteiger partial charge in [-0.3, -0.25) is 4.79 Å². The quantitative estimate of drug-likeness (QED) is 0.628. The number of furan rings is 1. The highest BCUT2D eigenvalue weighted by Gasteiger charge is 2.30. The molecule has 0 bridgehead atoms. The number of hydrogen-bond acceptors (Lipinski definition) is 4. The SMILES string of the molecule is Cc1cc(N2CCCC2=O)ccc1S(=O)(=O)N(C)C(C)c1cc2ccccc2o1. The van der Waals surface area contributed by atoms with Crippen molar-refractivity contribution in [3.63, 3.8) is 0 Å². The Hall–Kier alpha value is -2.64. The van der Waals surface area contributed by atoms with Gasteiger partial charge in [0.15, 0.2) is 0 Å². The number of aryl methyl sites for hydroxylation is 1. The van der Waals surface area contributed by atoms with Crippen LogP contribution in [0.2, 0.25) is 0 Å². The summed E-state index contributed by atoms with van der Waals surface area (Å²) in [5.74, 6) is 0.671. The highest BCUT2D eigenvalue weighted by molar-refractivity contribution is 7.89. The van der Waals surface area contributed by atoms with Gasteiger partial charge < -0.3 is 9.32 Å². The highest BCUT2D eigenvalue weighted by Crippen LogP contribution is 2.32. The molecule has 0 saturated carbocycles. The lowest BCUT2D eigenvalue weighted by atomic mass is 10.2. The van der Waals surface area contributed by atoms with Crippen molar-refractivity contribution in [1.29, 1.82) is 0 Å². The van der Waals surface area contributed by atoms with E-state index in [1.807, 2.05) is 37.3 Å².